The fraction of sp³-hybridized carbons (Fsp3) is 0.367. The van der Waals surface area contributed by atoms with Crippen molar-refractivity contribution in [2.24, 2.45) is 0 Å². The van der Waals surface area contributed by atoms with Gasteiger partial charge in [-0.3, -0.25) is 4.79 Å². The van der Waals surface area contributed by atoms with E-state index in [1.54, 1.807) is 0 Å². The molecule has 0 unspecified atom stereocenters. The van der Waals surface area contributed by atoms with Crippen molar-refractivity contribution in [1.82, 2.24) is 5.48 Å². The van der Waals surface area contributed by atoms with E-state index >= 15 is 0 Å². The first kappa shape index (κ1) is 26.5. The zero-order valence-electron chi connectivity index (χ0n) is 21.5. The summed E-state index contributed by atoms with van der Waals surface area (Å²) >= 11 is 0. The number of hydrogen-bond acceptors (Lipinski definition) is 8. The van der Waals surface area contributed by atoms with Gasteiger partial charge in [0.05, 0.1) is 26.9 Å². The number of ether oxygens (including phenoxy) is 5. The number of benzene rings is 3. The smallest absolute Gasteiger partial charge is 0.303 e. The van der Waals surface area contributed by atoms with Gasteiger partial charge in [0.1, 0.15) is 24.4 Å². The normalized spacial score (nSPS) is 28.5. The average molecular weight is 520 g/mol. The Morgan fingerprint density at radius 1 is 0.868 bits per heavy atom. The number of rotatable bonds is 10. The first-order valence-electron chi connectivity index (χ1n) is 12.7. The molecule has 3 aromatic rings. The highest BCUT2D eigenvalue weighted by Gasteiger charge is 2.68. The van der Waals surface area contributed by atoms with E-state index in [0.717, 1.165) is 16.7 Å². The van der Waals surface area contributed by atoms with Gasteiger partial charge in [0.15, 0.2) is 11.9 Å². The van der Waals surface area contributed by atoms with E-state index in [4.69, 9.17) is 28.5 Å². The number of hydroxylamine groups is 1. The van der Waals surface area contributed by atoms with Crippen molar-refractivity contribution >= 4 is 5.97 Å². The van der Waals surface area contributed by atoms with Crippen molar-refractivity contribution in [1.29, 1.82) is 0 Å². The molecule has 1 heterocycles. The fourth-order valence-electron chi connectivity index (χ4n) is 5.24. The van der Waals surface area contributed by atoms with Crippen molar-refractivity contribution in [3.05, 3.63) is 108 Å². The summed E-state index contributed by atoms with van der Waals surface area (Å²) in [6.45, 7) is 2.08. The van der Waals surface area contributed by atoms with Gasteiger partial charge < -0.3 is 28.5 Å². The molecule has 1 saturated heterocycles. The Labute approximate surface area is 222 Å². The number of fused-ring (bicyclic) bond motifs is 1. The molecule has 6 atom stereocenters. The topological polar surface area (TPSA) is 84.5 Å². The van der Waals surface area contributed by atoms with Gasteiger partial charge in [-0.1, -0.05) is 91.0 Å². The third-order valence-electron chi connectivity index (χ3n) is 6.91. The molecular weight excluding hydrogens is 486 g/mol. The maximum absolute atomic E-state index is 12.4. The Kier molecular flexibility index (Phi) is 8.48. The maximum atomic E-state index is 12.4. The summed E-state index contributed by atoms with van der Waals surface area (Å²) in [5.41, 5.74) is 4.62. The van der Waals surface area contributed by atoms with E-state index in [0.29, 0.717) is 13.2 Å². The molecule has 8 nitrogen and oxygen atoms in total. The Morgan fingerprint density at radius 2 is 1.42 bits per heavy atom. The fourth-order valence-corrected chi connectivity index (χ4v) is 5.24. The van der Waals surface area contributed by atoms with Gasteiger partial charge in [-0.2, -0.15) is 5.48 Å². The van der Waals surface area contributed by atoms with Gasteiger partial charge in [-0.05, 0) is 11.1 Å². The molecule has 1 N–H and O–H groups in total. The molecule has 3 aromatic carbocycles. The zero-order chi connectivity index (χ0) is 26.4. The molecule has 2 aliphatic rings. The third kappa shape index (κ3) is 5.66. The molecule has 0 bridgehead atoms. The van der Waals surface area contributed by atoms with Gasteiger partial charge in [0, 0.05) is 12.5 Å². The lowest BCUT2D eigenvalue weighted by molar-refractivity contribution is -0.308. The van der Waals surface area contributed by atoms with E-state index in [-0.39, 0.29) is 6.61 Å². The SMILES string of the molecule is CON[C@H]1[C@H](OCc2ccccc2)[C@@H](OCc2ccccc2)[C@@H]2O[C@H](c3ccccc3)OC[C@]12OC(C)=O. The van der Waals surface area contributed by atoms with Crippen LogP contribution in [-0.2, 0) is 46.5 Å². The summed E-state index contributed by atoms with van der Waals surface area (Å²) in [5.74, 6) is -0.464. The predicted octanol–water partition coefficient (Wildman–Crippen LogP) is 4.11. The number of carbonyl (C=O) groups is 1. The third-order valence-corrected chi connectivity index (χ3v) is 6.91. The van der Waals surface area contributed by atoms with Crippen molar-refractivity contribution in [3.63, 3.8) is 0 Å². The van der Waals surface area contributed by atoms with Crippen LogP contribution in [0.15, 0.2) is 91.0 Å². The van der Waals surface area contributed by atoms with Crippen LogP contribution in [0.1, 0.15) is 29.9 Å². The largest absolute Gasteiger partial charge is 0.452 e. The summed E-state index contributed by atoms with van der Waals surface area (Å²) < 4.78 is 31.8. The van der Waals surface area contributed by atoms with Crippen LogP contribution in [0.25, 0.3) is 0 Å². The zero-order valence-corrected chi connectivity index (χ0v) is 21.5. The van der Waals surface area contributed by atoms with Crippen molar-refractivity contribution in [2.75, 3.05) is 13.7 Å². The molecule has 0 aromatic heterocycles. The van der Waals surface area contributed by atoms with Crippen LogP contribution in [0.2, 0.25) is 0 Å². The van der Waals surface area contributed by atoms with Gasteiger partial charge in [-0.25, -0.2) is 0 Å². The van der Waals surface area contributed by atoms with Crippen LogP contribution in [0.3, 0.4) is 0 Å². The number of hydrogen-bond donors (Lipinski definition) is 1. The predicted molar refractivity (Wildman–Crippen MR) is 138 cm³/mol. The summed E-state index contributed by atoms with van der Waals surface area (Å²) in [6.07, 6.45) is -2.58. The lowest BCUT2D eigenvalue weighted by atomic mass is 9.94. The molecule has 1 saturated carbocycles. The highest BCUT2D eigenvalue weighted by molar-refractivity contribution is 5.67. The first-order valence-corrected chi connectivity index (χ1v) is 12.7. The lowest BCUT2D eigenvalue weighted by Crippen LogP contribution is -2.63. The minimum Gasteiger partial charge on any atom is -0.452 e. The number of esters is 1. The molecule has 200 valence electrons. The summed E-state index contributed by atoms with van der Waals surface area (Å²) in [4.78, 5) is 17.8. The minimum atomic E-state index is -1.25. The van der Waals surface area contributed by atoms with Gasteiger partial charge in [0.25, 0.3) is 0 Å². The second kappa shape index (κ2) is 12.2. The molecule has 0 spiro atoms. The van der Waals surface area contributed by atoms with E-state index in [9.17, 15) is 4.79 Å². The highest BCUT2D eigenvalue weighted by Crippen LogP contribution is 2.46. The van der Waals surface area contributed by atoms with Gasteiger partial charge in [0.2, 0.25) is 0 Å². The second-order valence-electron chi connectivity index (χ2n) is 9.48. The molecule has 5 rings (SSSR count). The van der Waals surface area contributed by atoms with Crippen LogP contribution >= 0.6 is 0 Å². The molecule has 2 fully saturated rings. The first-order chi connectivity index (χ1) is 18.6. The Hall–Kier alpha value is -3.11. The van der Waals surface area contributed by atoms with Crippen LogP contribution in [0.4, 0.5) is 0 Å². The van der Waals surface area contributed by atoms with Crippen LogP contribution in [0, 0.1) is 0 Å². The van der Waals surface area contributed by atoms with E-state index in [1.807, 2.05) is 91.0 Å². The Bertz CT molecular complexity index is 1160. The van der Waals surface area contributed by atoms with Gasteiger partial charge >= 0.3 is 5.97 Å². The molecule has 0 radical (unpaired) electrons. The highest BCUT2D eigenvalue weighted by atomic mass is 16.7. The quantitative estimate of drug-likeness (QED) is 0.317. The Morgan fingerprint density at radius 3 is 1.97 bits per heavy atom. The van der Waals surface area contributed by atoms with E-state index < -0.39 is 42.2 Å². The average Bonchev–Trinajstić information content (AvgIpc) is 3.19. The van der Waals surface area contributed by atoms with Crippen LogP contribution in [-0.4, -0.2) is 49.6 Å². The summed E-state index contributed by atoms with van der Waals surface area (Å²) in [6, 6.07) is 28.8. The molecular formula is C30H33NO7. The van der Waals surface area contributed by atoms with Crippen molar-refractivity contribution in [2.45, 2.75) is 56.4 Å². The molecule has 1 aliphatic carbocycles. The van der Waals surface area contributed by atoms with E-state index in [2.05, 4.69) is 5.48 Å². The van der Waals surface area contributed by atoms with E-state index in [1.165, 1.54) is 14.0 Å². The van der Waals surface area contributed by atoms with Crippen LogP contribution < -0.4 is 5.48 Å². The molecule has 8 heteroatoms. The van der Waals surface area contributed by atoms with Crippen molar-refractivity contribution < 1.29 is 33.3 Å². The molecule has 38 heavy (non-hydrogen) atoms. The summed E-state index contributed by atoms with van der Waals surface area (Å²) in [7, 11) is 1.51. The molecule has 1 aliphatic heterocycles. The lowest BCUT2D eigenvalue weighted by Gasteiger charge is -2.44. The summed E-state index contributed by atoms with van der Waals surface area (Å²) in [5, 5.41) is 0. The monoisotopic (exact) mass is 519 g/mol. The molecule has 0 amide bonds. The maximum Gasteiger partial charge on any atom is 0.303 e. The number of nitrogens with one attached hydrogen (secondary N) is 1. The second-order valence-corrected chi connectivity index (χ2v) is 9.48. The van der Waals surface area contributed by atoms with Crippen molar-refractivity contribution in [3.8, 4) is 0 Å². The standard InChI is InChI=1S/C30H33NO7/c1-21(32)38-30-20-36-29(24-16-10-5-11-17-24)37-28(30)26(35-19-23-14-8-4-9-15-23)25(27(30)31-33-2)34-18-22-12-6-3-7-13-22/h3-17,25-29,31H,18-20H2,1-2H3/t25-,26-,27+,28+,29-,30+/m1/s1. The van der Waals surface area contributed by atoms with Crippen LogP contribution in [0.5, 0.6) is 0 Å². The minimum absolute atomic E-state index is 0.0637. The number of carbonyl (C=O) groups excluding carboxylic acids is 1. The Balaban J connectivity index is 1.50. The van der Waals surface area contributed by atoms with Gasteiger partial charge in [-0.15, -0.1) is 0 Å².